The lowest BCUT2D eigenvalue weighted by Gasteiger charge is -2.12. The molecule has 0 aromatic heterocycles. The number of aliphatic hydroxyl groups is 1. The summed E-state index contributed by atoms with van der Waals surface area (Å²) in [6.45, 7) is 5.78. The average Bonchev–Trinajstić information content (AvgIpc) is 2.37. The summed E-state index contributed by atoms with van der Waals surface area (Å²) >= 11 is 0. The molecule has 18 heavy (non-hydrogen) atoms. The Morgan fingerprint density at radius 3 is 2.61 bits per heavy atom. The molecule has 4 nitrogen and oxygen atoms in total. The second-order valence-electron chi connectivity index (χ2n) is 3.87. The average molecular weight is 250 g/mol. The third kappa shape index (κ3) is 5.12. The van der Waals surface area contributed by atoms with Gasteiger partial charge in [0.1, 0.15) is 18.5 Å². The molecule has 0 amide bonds. The molecule has 0 radical (unpaired) electrons. The Labute approximate surface area is 107 Å². The summed E-state index contributed by atoms with van der Waals surface area (Å²) in [6.07, 6.45) is 0.936. The molecule has 0 bridgehead atoms. The zero-order valence-corrected chi connectivity index (χ0v) is 10.5. The van der Waals surface area contributed by atoms with Crippen molar-refractivity contribution >= 4 is 5.78 Å². The lowest BCUT2D eigenvalue weighted by atomic mass is 10.1. The summed E-state index contributed by atoms with van der Waals surface area (Å²) < 4.78 is 10.5. The fourth-order valence-electron chi connectivity index (χ4n) is 1.31. The molecule has 0 aliphatic rings. The van der Waals surface area contributed by atoms with Crippen LogP contribution in [-0.2, 0) is 4.74 Å². The Bertz CT molecular complexity index is 383. The highest BCUT2D eigenvalue weighted by molar-refractivity contribution is 5.94. The lowest BCUT2D eigenvalue weighted by molar-refractivity contribution is 0.0214. The number of carbonyl (C=O) groups excluding carboxylic acids is 1. The molecule has 0 saturated carbocycles. The van der Waals surface area contributed by atoms with Crippen LogP contribution >= 0.6 is 0 Å². The minimum absolute atomic E-state index is 0.0133. The van der Waals surface area contributed by atoms with Crippen molar-refractivity contribution < 1.29 is 19.4 Å². The van der Waals surface area contributed by atoms with E-state index < -0.39 is 6.10 Å². The highest BCUT2D eigenvalue weighted by atomic mass is 16.5. The topological polar surface area (TPSA) is 55.8 Å². The summed E-state index contributed by atoms with van der Waals surface area (Å²) in [7, 11) is 0. The third-order valence-corrected chi connectivity index (χ3v) is 2.25. The van der Waals surface area contributed by atoms with Gasteiger partial charge < -0.3 is 14.6 Å². The number of benzene rings is 1. The zero-order chi connectivity index (χ0) is 13.4. The number of hydrogen-bond donors (Lipinski definition) is 1. The first-order valence-electron chi connectivity index (χ1n) is 5.74. The minimum Gasteiger partial charge on any atom is -0.491 e. The summed E-state index contributed by atoms with van der Waals surface area (Å²) in [5.41, 5.74) is 0.636. The van der Waals surface area contributed by atoms with E-state index in [4.69, 9.17) is 9.47 Å². The number of ether oxygens (including phenoxy) is 2. The molecule has 0 saturated heterocycles. The smallest absolute Gasteiger partial charge is 0.159 e. The second kappa shape index (κ2) is 7.63. The predicted molar refractivity (Wildman–Crippen MR) is 69.0 cm³/mol. The van der Waals surface area contributed by atoms with Crippen LogP contribution in [0.3, 0.4) is 0 Å². The van der Waals surface area contributed by atoms with Gasteiger partial charge in [0.2, 0.25) is 0 Å². The molecule has 0 fully saturated rings. The Hall–Kier alpha value is -1.65. The van der Waals surface area contributed by atoms with Gasteiger partial charge in [-0.15, -0.1) is 6.58 Å². The van der Waals surface area contributed by atoms with E-state index in [1.807, 2.05) is 0 Å². The third-order valence-electron chi connectivity index (χ3n) is 2.25. The zero-order valence-electron chi connectivity index (χ0n) is 10.5. The normalized spacial score (nSPS) is 11.9. The van der Waals surface area contributed by atoms with E-state index in [0.29, 0.717) is 17.9 Å². The van der Waals surface area contributed by atoms with Crippen molar-refractivity contribution in [2.24, 2.45) is 0 Å². The van der Waals surface area contributed by atoms with Gasteiger partial charge in [0.15, 0.2) is 5.78 Å². The van der Waals surface area contributed by atoms with Crippen molar-refractivity contribution in [3.05, 3.63) is 42.5 Å². The molecule has 0 aliphatic heterocycles. The molecule has 1 atom stereocenters. The van der Waals surface area contributed by atoms with Crippen molar-refractivity contribution in [2.75, 3.05) is 19.8 Å². The van der Waals surface area contributed by atoms with Crippen LogP contribution in [0.5, 0.6) is 5.75 Å². The van der Waals surface area contributed by atoms with E-state index in [1.54, 1.807) is 30.3 Å². The first-order valence-corrected chi connectivity index (χ1v) is 5.74. The largest absolute Gasteiger partial charge is 0.491 e. The molecule has 1 aromatic rings. The van der Waals surface area contributed by atoms with Gasteiger partial charge in [-0.05, 0) is 31.2 Å². The number of carbonyl (C=O) groups is 1. The number of ketones is 1. The monoisotopic (exact) mass is 250 g/mol. The first kappa shape index (κ1) is 14.4. The number of Topliss-reactive ketones (excluding diaryl/α,β-unsaturated/α-hetero) is 1. The molecule has 1 aromatic carbocycles. The molecule has 0 spiro atoms. The molecule has 0 heterocycles. The van der Waals surface area contributed by atoms with Crippen LogP contribution in [0.15, 0.2) is 36.9 Å². The molecule has 0 aliphatic carbocycles. The summed E-state index contributed by atoms with van der Waals surface area (Å²) in [5.74, 6) is 0.627. The van der Waals surface area contributed by atoms with Crippen LogP contribution < -0.4 is 4.74 Å². The first-order chi connectivity index (χ1) is 8.63. The van der Waals surface area contributed by atoms with Gasteiger partial charge in [-0.25, -0.2) is 0 Å². The summed E-state index contributed by atoms with van der Waals surface area (Å²) in [4.78, 5) is 11.1. The fraction of sp³-hybridized carbons (Fsp3) is 0.357. The van der Waals surface area contributed by atoms with E-state index in [-0.39, 0.29) is 19.0 Å². The molecular weight excluding hydrogens is 232 g/mol. The van der Waals surface area contributed by atoms with Crippen LogP contribution in [0.4, 0.5) is 0 Å². The maximum atomic E-state index is 11.1. The quantitative estimate of drug-likeness (QED) is 0.434. The van der Waals surface area contributed by atoms with Gasteiger partial charge in [-0.2, -0.15) is 0 Å². The van der Waals surface area contributed by atoms with Gasteiger partial charge in [-0.3, -0.25) is 4.79 Å². The molecule has 1 N–H and O–H groups in total. The van der Waals surface area contributed by atoms with E-state index >= 15 is 0 Å². The Morgan fingerprint density at radius 1 is 1.39 bits per heavy atom. The van der Waals surface area contributed by atoms with Crippen molar-refractivity contribution in [3.63, 3.8) is 0 Å². The number of aliphatic hydroxyl groups excluding tert-OH is 1. The van der Waals surface area contributed by atoms with E-state index in [9.17, 15) is 9.90 Å². The Kier molecular flexibility index (Phi) is 6.11. The second-order valence-corrected chi connectivity index (χ2v) is 3.87. The lowest BCUT2D eigenvalue weighted by Crippen LogP contribution is -2.23. The standard InChI is InChI=1S/C14H18O4/c1-3-8-17-9-13(16)10-18-14-6-4-12(5-7-14)11(2)15/h3-7,13,16H,1,8-10H2,2H3/t13-/m0/s1. The summed E-state index contributed by atoms with van der Waals surface area (Å²) in [6, 6.07) is 6.79. The van der Waals surface area contributed by atoms with Crippen LogP contribution in [0.2, 0.25) is 0 Å². The predicted octanol–water partition coefficient (Wildman–Crippen LogP) is 1.83. The Balaban J connectivity index is 2.34. The van der Waals surface area contributed by atoms with E-state index in [2.05, 4.69) is 6.58 Å². The summed E-state index contributed by atoms with van der Waals surface area (Å²) in [5, 5.41) is 9.54. The SMILES string of the molecule is C=CCOC[C@H](O)COc1ccc(C(C)=O)cc1. The molecule has 98 valence electrons. The molecule has 1 rings (SSSR count). The number of rotatable bonds is 8. The highest BCUT2D eigenvalue weighted by Gasteiger charge is 2.05. The van der Waals surface area contributed by atoms with E-state index in [1.165, 1.54) is 6.92 Å². The van der Waals surface area contributed by atoms with Crippen LogP contribution in [-0.4, -0.2) is 36.8 Å². The van der Waals surface area contributed by atoms with Crippen LogP contribution in [0, 0.1) is 0 Å². The van der Waals surface area contributed by atoms with Crippen molar-refractivity contribution in [3.8, 4) is 5.75 Å². The molecular formula is C14H18O4. The fourth-order valence-corrected chi connectivity index (χ4v) is 1.31. The molecule has 4 heteroatoms. The van der Waals surface area contributed by atoms with Gasteiger partial charge in [-0.1, -0.05) is 6.08 Å². The van der Waals surface area contributed by atoms with Crippen molar-refractivity contribution in [1.29, 1.82) is 0 Å². The van der Waals surface area contributed by atoms with Gasteiger partial charge in [0, 0.05) is 5.56 Å². The van der Waals surface area contributed by atoms with Gasteiger partial charge in [0.25, 0.3) is 0 Å². The Morgan fingerprint density at radius 2 is 2.06 bits per heavy atom. The maximum absolute atomic E-state index is 11.1. The highest BCUT2D eigenvalue weighted by Crippen LogP contribution is 2.12. The van der Waals surface area contributed by atoms with Gasteiger partial charge >= 0.3 is 0 Å². The van der Waals surface area contributed by atoms with Crippen LogP contribution in [0.25, 0.3) is 0 Å². The van der Waals surface area contributed by atoms with Crippen molar-refractivity contribution in [1.82, 2.24) is 0 Å². The number of hydrogen-bond acceptors (Lipinski definition) is 4. The van der Waals surface area contributed by atoms with E-state index in [0.717, 1.165) is 0 Å². The maximum Gasteiger partial charge on any atom is 0.159 e. The van der Waals surface area contributed by atoms with Crippen LogP contribution in [0.1, 0.15) is 17.3 Å². The molecule has 0 unspecified atom stereocenters. The van der Waals surface area contributed by atoms with Crippen molar-refractivity contribution in [2.45, 2.75) is 13.0 Å². The minimum atomic E-state index is -0.683. The van der Waals surface area contributed by atoms with Gasteiger partial charge in [0.05, 0.1) is 13.2 Å².